The Hall–Kier alpha value is -2.63. The van der Waals surface area contributed by atoms with Crippen LogP contribution in [0.1, 0.15) is 45.1 Å². The molecule has 0 spiro atoms. The third-order valence-corrected chi connectivity index (χ3v) is 6.34. The first-order valence-corrected chi connectivity index (χ1v) is 13.6. The van der Waals surface area contributed by atoms with Gasteiger partial charge in [-0.15, -0.1) is 0 Å². The molecule has 0 aromatic heterocycles. The molecule has 0 aliphatic heterocycles. The lowest BCUT2D eigenvalue weighted by Crippen LogP contribution is -2.58. The summed E-state index contributed by atoms with van der Waals surface area (Å²) >= 11 is 1.57. The molecule has 3 amide bonds. The van der Waals surface area contributed by atoms with Crippen molar-refractivity contribution in [2.75, 3.05) is 18.6 Å². The van der Waals surface area contributed by atoms with E-state index in [0.717, 1.165) is 5.56 Å². The average Bonchev–Trinajstić information content (AvgIpc) is 2.84. The van der Waals surface area contributed by atoms with Gasteiger partial charge < -0.3 is 32.5 Å². The Kier molecular flexibility index (Phi) is 14.8. The van der Waals surface area contributed by atoms with E-state index in [9.17, 15) is 24.3 Å². The lowest BCUT2D eigenvalue weighted by atomic mass is 10.00. The Morgan fingerprint density at radius 1 is 0.917 bits per heavy atom. The van der Waals surface area contributed by atoms with Gasteiger partial charge in [0, 0.05) is 6.42 Å². The van der Waals surface area contributed by atoms with Crippen molar-refractivity contribution in [3.8, 4) is 0 Å². The molecule has 0 bridgehead atoms. The fourth-order valence-electron chi connectivity index (χ4n) is 3.52. The number of carbonyl (C=O) groups excluding carboxylic acids is 3. The van der Waals surface area contributed by atoms with Gasteiger partial charge in [-0.2, -0.15) is 11.8 Å². The van der Waals surface area contributed by atoms with Crippen molar-refractivity contribution in [3.05, 3.63) is 35.9 Å². The zero-order chi connectivity index (χ0) is 27.1. The number of nitrogens with one attached hydrogen (secondary N) is 3. The highest BCUT2D eigenvalue weighted by molar-refractivity contribution is 7.98. The highest BCUT2D eigenvalue weighted by Gasteiger charge is 2.31. The second-order valence-electron chi connectivity index (χ2n) is 9.05. The van der Waals surface area contributed by atoms with Crippen molar-refractivity contribution in [3.63, 3.8) is 0 Å². The van der Waals surface area contributed by atoms with Crippen molar-refractivity contribution < 1.29 is 24.3 Å². The van der Waals surface area contributed by atoms with Crippen LogP contribution in [0, 0.1) is 5.92 Å². The smallest absolute Gasteiger partial charge is 0.326 e. The number of amides is 3. The number of nitrogens with two attached hydrogens (primary N) is 2. The number of aliphatic carboxylic acids is 1. The lowest BCUT2D eigenvalue weighted by molar-refractivity contribution is -0.142. The molecule has 36 heavy (non-hydrogen) atoms. The predicted octanol–water partition coefficient (Wildman–Crippen LogP) is 0.634. The SMILES string of the molecule is CSCCC(N)C(=O)NC(CCCCN)C(=O)NC(C(=O)NC(Cc1ccccc1)C(=O)O)C(C)C. The fourth-order valence-corrected chi connectivity index (χ4v) is 4.01. The minimum atomic E-state index is -1.17. The van der Waals surface area contributed by atoms with Crippen LogP contribution < -0.4 is 27.4 Å². The maximum absolute atomic E-state index is 13.1. The predicted molar refractivity (Wildman–Crippen MR) is 142 cm³/mol. The van der Waals surface area contributed by atoms with Gasteiger partial charge in [0.05, 0.1) is 6.04 Å². The van der Waals surface area contributed by atoms with E-state index in [1.807, 2.05) is 12.3 Å². The zero-order valence-corrected chi connectivity index (χ0v) is 22.2. The van der Waals surface area contributed by atoms with Crippen LogP contribution in [0.25, 0.3) is 0 Å². The summed E-state index contributed by atoms with van der Waals surface area (Å²) in [4.78, 5) is 50.5. The molecule has 4 unspecified atom stereocenters. The van der Waals surface area contributed by atoms with Crippen molar-refractivity contribution >= 4 is 35.5 Å². The minimum Gasteiger partial charge on any atom is -0.480 e. The minimum absolute atomic E-state index is 0.104. The van der Waals surface area contributed by atoms with E-state index >= 15 is 0 Å². The summed E-state index contributed by atoms with van der Waals surface area (Å²) in [5, 5.41) is 17.6. The van der Waals surface area contributed by atoms with Crippen LogP contribution in [0.4, 0.5) is 0 Å². The van der Waals surface area contributed by atoms with Gasteiger partial charge in [0.25, 0.3) is 0 Å². The van der Waals surface area contributed by atoms with E-state index in [4.69, 9.17) is 11.5 Å². The lowest BCUT2D eigenvalue weighted by Gasteiger charge is -2.27. The highest BCUT2D eigenvalue weighted by Crippen LogP contribution is 2.09. The maximum atomic E-state index is 13.1. The van der Waals surface area contributed by atoms with Gasteiger partial charge in [-0.3, -0.25) is 14.4 Å². The number of rotatable bonds is 17. The summed E-state index contributed by atoms with van der Waals surface area (Å²) in [7, 11) is 0. The summed E-state index contributed by atoms with van der Waals surface area (Å²) in [6, 6.07) is 5.17. The van der Waals surface area contributed by atoms with Crippen LogP contribution in [-0.4, -0.2) is 71.5 Å². The Morgan fingerprint density at radius 3 is 2.11 bits per heavy atom. The molecule has 202 valence electrons. The van der Waals surface area contributed by atoms with E-state index in [1.54, 1.807) is 49.9 Å². The first-order valence-electron chi connectivity index (χ1n) is 12.2. The van der Waals surface area contributed by atoms with Crippen LogP contribution >= 0.6 is 11.8 Å². The van der Waals surface area contributed by atoms with Crippen molar-refractivity contribution in [1.29, 1.82) is 0 Å². The number of hydrogen-bond donors (Lipinski definition) is 6. The molecule has 0 radical (unpaired) electrons. The highest BCUT2D eigenvalue weighted by atomic mass is 32.2. The number of unbranched alkanes of at least 4 members (excludes halogenated alkanes) is 1. The fraction of sp³-hybridized carbons (Fsp3) is 0.600. The summed E-state index contributed by atoms with van der Waals surface area (Å²) < 4.78 is 0. The van der Waals surface area contributed by atoms with Gasteiger partial charge in [0.15, 0.2) is 0 Å². The molecule has 1 aromatic carbocycles. The summed E-state index contributed by atoms with van der Waals surface area (Å²) in [6.07, 6.45) is 4.10. The van der Waals surface area contributed by atoms with Gasteiger partial charge in [-0.05, 0) is 55.7 Å². The third-order valence-electron chi connectivity index (χ3n) is 5.69. The molecule has 0 saturated carbocycles. The van der Waals surface area contributed by atoms with Crippen LogP contribution in [-0.2, 0) is 25.6 Å². The van der Waals surface area contributed by atoms with E-state index in [1.165, 1.54) is 0 Å². The number of benzene rings is 1. The molecule has 8 N–H and O–H groups in total. The second kappa shape index (κ2) is 16.9. The molecular weight excluding hydrogens is 482 g/mol. The number of carboxylic acids is 1. The number of thioether (sulfide) groups is 1. The third kappa shape index (κ3) is 11.4. The van der Waals surface area contributed by atoms with Crippen molar-refractivity contribution in [1.82, 2.24) is 16.0 Å². The van der Waals surface area contributed by atoms with Gasteiger partial charge in [0.1, 0.15) is 18.1 Å². The van der Waals surface area contributed by atoms with Crippen molar-refractivity contribution in [2.24, 2.45) is 17.4 Å². The average molecular weight is 524 g/mol. The molecule has 0 aliphatic rings. The van der Waals surface area contributed by atoms with Gasteiger partial charge in [-0.1, -0.05) is 44.2 Å². The van der Waals surface area contributed by atoms with Crippen LogP contribution in [0.3, 0.4) is 0 Å². The van der Waals surface area contributed by atoms with Crippen LogP contribution in [0.5, 0.6) is 0 Å². The second-order valence-corrected chi connectivity index (χ2v) is 10.0. The molecular formula is C25H41N5O5S. The molecule has 1 aromatic rings. The first kappa shape index (κ1) is 31.4. The van der Waals surface area contributed by atoms with E-state index in [-0.39, 0.29) is 12.3 Å². The quantitative estimate of drug-likeness (QED) is 0.161. The number of carboxylic acid groups (broad SMARTS) is 1. The van der Waals surface area contributed by atoms with E-state index < -0.39 is 47.9 Å². The van der Waals surface area contributed by atoms with Gasteiger partial charge >= 0.3 is 5.97 Å². The molecule has 0 saturated heterocycles. The summed E-state index contributed by atoms with van der Waals surface area (Å²) in [6.45, 7) is 3.94. The van der Waals surface area contributed by atoms with E-state index in [0.29, 0.717) is 38.0 Å². The number of hydrogen-bond acceptors (Lipinski definition) is 7. The maximum Gasteiger partial charge on any atom is 0.326 e. The first-order chi connectivity index (χ1) is 17.1. The van der Waals surface area contributed by atoms with Crippen molar-refractivity contribution in [2.45, 2.75) is 70.1 Å². The standard InChI is InChI=1S/C25H41N5O5S/c1-16(2)21(24(33)29-20(25(34)35)15-17-9-5-4-6-10-17)30-23(32)19(11-7-8-13-26)28-22(31)18(27)12-14-36-3/h4-6,9-10,16,18-21H,7-8,11-15,26-27H2,1-3H3,(H,28,31)(H,29,33)(H,30,32)(H,34,35). The van der Waals surface area contributed by atoms with Crippen LogP contribution in [0.2, 0.25) is 0 Å². The molecule has 0 heterocycles. The topological polar surface area (TPSA) is 177 Å². The van der Waals surface area contributed by atoms with Crippen LogP contribution in [0.15, 0.2) is 30.3 Å². The van der Waals surface area contributed by atoms with Gasteiger partial charge in [-0.25, -0.2) is 4.79 Å². The molecule has 1 rings (SSSR count). The Labute approximate surface area is 217 Å². The molecule has 11 heteroatoms. The molecule has 0 aliphatic carbocycles. The molecule has 4 atom stereocenters. The molecule has 10 nitrogen and oxygen atoms in total. The van der Waals surface area contributed by atoms with Gasteiger partial charge in [0.2, 0.25) is 17.7 Å². The number of carbonyl (C=O) groups is 4. The normalized spacial score (nSPS) is 14.4. The largest absolute Gasteiger partial charge is 0.480 e. The Balaban J connectivity index is 2.93. The summed E-state index contributed by atoms with van der Waals surface area (Å²) in [5.74, 6) is -2.36. The monoisotopic (exact) mass is 523 g/mol. The zero-order valence-electron chi connectivity index (χ0n) is 21.4. The Bertz CT molecular complexity index is 839. The van der Waals surface area contributed by atoms with E-state index in [2.05, 4.69) is 16.0 Å². The Morgan fingerprint density at radius 2 is 1.56 bits per heavy atom. The molecule has 0 fully saturated rings. The summed E-state index contributed by atoms with van der Waals surface area (Å²) in [5.41, 5.74) is 12.3.